The molecule has 0 aromatic carbocycles. The Morgan fingerprint density at radius 2 is 1.96 bits per heavy atom. The van der Waals surface area contributed by atoms with Gasteiger partial charge >= 0.3 is 0 Å². The van der Waals surface area contributed by atoms with Crippen molar-refractivity contribution in [2.45, 2.75) is 71.8 Å². The Kier molecular flexibility index (Phi) is 4.20. The number of carbonyl (C=O) groups excluding carboxylic acids is 1. The number of rotatable bonds is 3. The lowest BCUT2D eigenvalue weighted by Crippen LogP contribution is -2.55. The zero-order valence-electron chi connectivity index (χ0n) is 15.8. The molecule has 5 nitrogen and oxygen atoms in total. The number of piperidine rings is 2. The fraction of sp³-hybridized carbons (Fsp3) is 0.750. The van der Waals surface area contributed by atoms with Crippen molar-refractivity contribution in [2.75, 3.05) is 24.5 Å². The summed E-state index contributed by atoms with van der Waals surface area (Å²) in [7, 11) is 0. The number of nitrogens with zero attached hydrogens (tertiary/aromatic N) is 4. The maximum absolute atomic E-state index is 12.3. The van der Waals surface area contributed by atoms with Crippen LogP contribution in [-0.4, -0.2) is 46.5 Å². The first-order valence-electron chi connectivity index (χ1n) is 9.90. The third-order valence-electron chi connectivity index (χ3n) is 6.30. The molecule has 0 unspecified atom stereocenters. The van der Waals surface area contributed by atoms with Crippen LogP contribution >= 0.6 is 0 Å². The van der Waals surface area contributed by atoms with E-state index in [1.807, 2.05) is 6.92 Å². The monoisotopic (exact) mass is 342 g/mol. The third-order valence-corrected chi connectivity index (χ3v) is 6.30. The summed E-state index contributed by atoms with van der Waals surface area (Å²) in [6, 6.07) is 0.537. The summed E-state index contributed by atoms with van der Waals surface area (Å²) < 4.78 is 0. The van der Waals surface area contributed by atoms with Gasteiger partial charge in [0.25, 0.3) is 0 Å². The van der Waals surface area contributed by atoms with Gasteiger partial charge < -0.3 is 9.80 Å². The van der Waals surface area contributed by atoms with E-state index in [2.05, 4.69) is 28.6 Å². The SMILES string of the molecule is CCc1c(C)nc(C)nc1N1CCC[C@@]2(CCC(=O)N(C3CC3)C2)C1. The fourth-order valence-electron chi connectivity index (χ4n) is 4.88. The predicted octanol–water partition coefficient (Wildman–Crippen LogP) is 3.03. The van der Waals surface area contributed by atoms with E-state index in [1.54, 1.807) is 0 Å². The molecule has 3 heterocycles. The third kappa shape index (κ3) is 3.13. The van der Waals surface area contributed by atoms with E-state index in [0.717, 1.165) is 56.2 Å². The van der Waals surface area contributed by atoms with Crippen LogP contribution in [0.25, 0.3) is 0 Å². The molecule has 2 aliphatic heterocycles. The predicted molar refractivity (Wildman–Crippen MR) is 98.7 cm³/mol. The van der Waals surface area contributed by atoms with Crippen molar-refractivity contribution in [1.82, 2.24) is 14.9 Å². The van der Waals surface area contributed by atoms with E-state index in [-0.39, 0.29) is 5.41 Å². The Morgan fingerprint density at radius 1 is 1.16 bits per heavy atom. The van der Waals surface area contributed by atoms with Gasteiger partial charge in [-0.1, -0.05) is 6.92 Å². The van der Waals surface area contributed by atoms with Crippen molar-refractivity contribution in [2.24, 2.45) is 5.41 Å². The molecule has 1 aromatic rings. The lowest BCUT2D eigenvalue weighted by atomic mass is 9.73. The van der Waals surface area contributed by atoms with Gasteiger partial charge in [-0.2, -0.15) is 0 Å². The first-order valence-corrected chi connectivity index (χ1v) is 9.90. The topological polar surface area (TPSA) is 49.3 Å². The average Bonchev–Trinajstić information content (AvgIpc) is 3.42. The quantitative estimate of drug-likeness (QED) is 0.847. The van der Waals surface area contributed by atoms with Crippen molar-refractivity contribution in [3.05, 3.63) is 17.1 Å². The first-order chi connectivity index (χ1) is 12.0. The van der Waals surface area contributed by atoms with Crippen LogP contribution in [0.4, 0.5) is 5.82 Å². The minimum atomic E-state index is 0.256. The highest BCUT2D eigenvalue weighted by Gasteiger charge is 2.46. The number of carbonyl (C=O) groups is 1. The molecule has 0 radical (unpaired) electrons. The molecule has 136 valence electrons. The molecule has 1 aliphatic carbocycles. The molecular weight excluding hydrogens is 312 g/mol. The summed E-state index contributed by atoms with van der Waals surface area (Å²) in [4.78, 5) is 26.4. The van der Waals surface area contributed by atoms with E-state index in [1.165, 1.54) is 31.2 Å². The van der Waals surface area contributed by atoms with Crippen LogP contribution in [0.3, 0.4) is 0 Å². The van der Waals surface area contributed by atoms with Gasteiger partial charge in [-0.15, -0.1) is 0 Å². The van der Waals surface area contributed by atoms with Crippen molar-refractivity contribution >= 4 is 11.7 Å². The molecule has 1 atom stereocenters. The highest BCUT2D eigenvalue weighted by molar-refractivity contribution is 5.78. The van der Waals surface area contributed by atoms with Crippen molar-refractivity contribution in [1.29, 1.82) is 0 Å². The number of anilines is 1. The molecule has 1 spiro atoms. The number of aryl methyl sites for hydroxylation is 2. The number of amides is 1. The standard InChI is InChI=1S/C20H30N4O/c1-4-17-14(2)21-15(3)22-19(17)23-11-5-9-20(12-23)10-8-18(25)24(13-20)16-6-7-16/h16H,4-13H2,1-3H3/t20-/m1/s1. The van der Waals surface area contributed by atoms with Gasteiger partial charge in [0.15, 0.2) is 0 Å². The molecular formula is C20H30N4O. The zero-order valence-corrected chi connectivity index (χ0v) is 15.8. The van der Waals surface area contributed by atoms with Crippen molar-refractivity contribution in [3.8, 4) is 0 Å². The second-order valence-electron chi connectivity index (χ2n) is 8.29. The molecule has 1 amide bonds. The molecule has 5 heteroatoms. The smallest absolute Gasteiger partial charge is 0.222 e. The highest BCUT2D eigenvalue weighted by Crippen LogP contribution is 2.43. The second-order valence-corrected chi connectivity index (χ2v) is 8.29. The molecule has 2 saturated heterocycles. The van der Waals surface area contributed by atoms with Crippen LogP contribution in [0.1, 0.15) is 62.5 Å². The van der Waals surface area contributed by atoms with E-state index >= 15 is 0 Å². The maximum Gasteiger partial charge on any atom is 0.222 e. The normalized spacial score (nSPS) is 27.2. The van der Waals surface area contributed by atoms with Gasteiger partial charge in [0.2, 0.25) is 5.91 Å². The average molecular weight is 342 g/mol. The van der Waals surface area contributed by atoms with Crippen molar-refractivity contribution in [3.63, 3.8) is 0 Å². The second kappa shape index (κ2) is 6.26. The Balaban J connectivity index is 1.60. The summed E-state index contributed by atoms with van der Waals surface area (Å²) >= 11 is 0. The highest BCUT2D eigenvalue weighted by atomic mass is 16.2. The number of hydrogen-bond acceptors (Lipinski definition) is 4. The molecule has 3 aliphatic rings. The molecule has 0 bridgehead atoms. The molecule has 0 N–H and O–H groups in total. The van der Waals surface area contributed by atoms with E-state index in [9.17, 15) is 4.79 Å². The Bertz CT molecular complexity index is 685. The Morgan fingerprint density at radius 3 is 2.68 bits per heavy atom. The van der Waals surface area contributed by atoms with Crippen molar-refractivity contribution < 1.29 is 4.79 Å². The Hall–Kier alpha value is -1.65. The molecule has 25 heavy (non-hydrogen) atoms. The summed E-state index contributed by atoms with van der Waals surface area (Å²) in [6.45, 7) is 9.35. The Labute approximate surface area is 150 Å². The molecule has 1 aromatic heterocycles. The van der Waals surface area contributed by atoms with Gasteiger partial charge in [0.1, 0.15) is 11.6 Å². The van der Waals surface area contributed by atoms with E-state index < -0.39 is 0 Å². The van der Waals surface area contributed by atoms with E-state index in [0.29, 0.717) is 11.9 Å². The fourth-order valence-corrected chi connectivity index (χ4v) is 4.88. The van der Waals surface area contributed by atoms with Gasteiger partial charge in [-0.3, -0.25) is 4.79 Å². The number of hydrogen-bond donors (Lipinski definition) is 0. The van der Waals surface area contributed by atoms with Gasteiger partial charge in [0.05, 0.1) is 0 Å². The maximum atomic E-state index is 12.3. The van der Waals surface area contributed by atoms with Crippen LogP contribution in [0.15, 0.2) is 0 Å². The summed E-state index contributed by atoms with van der Waals surface area (Å²) in [5.41, 5.74) is 2.66. The molecule has 3 fully saturated rings. The molecule has 1 saturated carbocycles. The summed E-state index contributed by atoms with van der Waals surface area (Å²) in [5, 5.41) is 0. The van der Waals surface area contributed by atoms with E-state index in [4.69, 9.17) is 4.98 Å². The number of aromatic nitrogens is 2. The lowest BCUT2D eigenvalue weighted by Gasteiger charge is -2.49. The largest absolute Gasteiger partial charge is 0.356 e. The zero-order chi connectivity index (χ0) is 17.6. The first kappa shape index (κ1) is 16.8. The van der Waals surface area contributed by atoms with Gasteiger partial charge in [-0.25, -0.2) is 9.97 Å². The summed E-state index contributed by atoms with van der Waals surface area (Å²) in [6.07, 6.45) is 7.58. The van der Waals surface area contributed by atoms with Crippen LogP contribution in [0, 0.1) is 19.3 Å². The van der Waals surface area contributed by atoms with Crippen LogP contribution in [0.5, 0.6) is 0 Å². The van der Waals surface area contributed by atoms with Crippen LogP contribution < -0.4 is 4.90 Å². The molecule has 4 rings (SSSR count). The van der Waals surface area contributed by atoms with Gasteiger partial charge in [-0.05, 0) is 52.4 Å². The minimum absolute atomic E-state index is 0.256. The minimum Gasteiger partial charge on any atom is -0.356 e. The van der Waals surface area contributed by atoms with Crippen LogP contribution in [-0.2, 0) is 11.2 Å². The number of likely N-dealkylation sites (tertiary alicyclic amines) is 1. The summed E-state index contributed by atoms with van der Waals surface area (Å²) in [5.74, 6) is 2.39. The lowest BCUT2D eigenvalue weighted by molar-refractivity contribution is -0.138. The van der Waals surface area contributed by atoms with Gasteiger partial charge in [0, 0.05) is 48.8 Å². The van der Waals surface area contributed by atoms with Crippen LogP contribution in [0.2, 0.25) is 0 Å².